The maximum atomic E-state index is 10.1. The third kappa shape index (κ3) is 4.41. The predicted octanol–water partition coefficient (Wildman–Crippen LogP) is 2.16. The Morgan fingerprint density at radius 1 is 1.75 bits per heavy atom. The van der Waals surface area contributed by atoms with Crippen LogP contribution in [-0.4, -0.2) is 10.6 Å². The van der Waals surface area contributed by atoms with Gasteiger partial charge in [0.15, 0.2) is 0 Å². The number of rotatable bonds is 3. The number of alkyl halides is 1. The van der Waals surface area contributed by atoms with E-state index in [-0.39, 0.29) is 17.0 Å². The Bertz CT molecular complexity index is 82.5. The van der Waals surface area contributed by atoms with Crippen LogP contribution in [-0.2, 0) is 4.79 Å². The molecule has 48 valence electrons. The number of halogens is 2. The van der Waals surface area contributed by atoms with Gasteiger partial charge in [-0.15, -0.1) is 11.6 Å². The first-order chi connectivity index (χ1) is 3.66. The van der Waals surface area contributed by atoms with Crippen LogP contribution >= 0.6 is 23.2 Å². The van der Waals surface area contributed by atoms with Gasteiger partial charge in [-0.05, 0) is 18.0 Å². The van der Waals surface area contributed by atoms with E-state index in [1.165, 1.54) is 0 Å². The van der Waals surface area contributed by atoms with Crippen LogP contribution in [0, 0.1) is 0 Å². The van der Waals surface area contributed by atoms with Crippen molar-refractivity contribution in [1.82, 2.24) is 0 Å². The topological polar surface area (TPSA) is 17.1 Å². The Morgan fingerprint density at radius 2 is 2.25 bits per heavy atom. The molecule has 0 saturated carbocycles. The minimum absolute atomic E-state index is 0.0833. The molecule has 8 heavy (non-hydrogen) atoms. The molecule has 0 saturated heterocycles. The first-order valence-electron chi connectivity index (χ1n) is 2.49. The largest absolute Gasteiger partial charge is 0.281 e. The first kappa shape index (κ1) is 8.25. The molecule has 0 aliphatic rings. The van der Waals surface area contributed by atoms with Crippen LogP contribution in [0.25, 0.3) is 0 Å². The molecular formula is C5H8Cl2O. The van der Waals surface area contributed by atoms with Gasteiger partial charge in [-0.25, -0.2) is 0 Å². The van der Waals surface area contributed by atoms with Crippen molar-refractivity contribution in [2.75, 3.05) is 0 Å². The Morgan fingerprint density at radius 3 is 2.38 bits per heavy atom. The summed E-state index contributed by atoms with van der Waals surface area (Å²) in [7, 11) is 0. The van der Waals surface area contributed by atoms with E-state index < -0.39 is 0 Å². The minimum Gasteiger partial charge on any atom is -0.281 e. The van der Waals surface area contributed by atoms with E-state index in [0.717, 1.165) is 6.42 Å². The fraction of sp³-hybridized carbons (Fsp3) is 0.800. The van der Waals surface area contributed by atoms with Crippen molar-refractivity contribution in [2.24, 2.45) is 0 Å². The summed E-state index contributed by atoms with van der Waals surface area (Å²) in [5.41, 5.74) is 0. The van der Waals surface area contributed by atoms with Gasteiger partial charge in [0.05, 0.1) is 0 Å². The van der Waals surface area contributed by atoms with Crippen molar-refractivity contribution in [1.29, 1.82) is 0 Å². The number of carbonyl (C=O) groups is 1. The van der Waals surface area contributed by atoms with Crippen molar-refractivity contribution >= 4 is 28.4 Å². The molecule has 1 nitrogen and oxygen atoms in total. The molecule has 0 rings (SSSR count). The van der Waals surface area contributed by atoms with Crippen molar-refractivity contribution in [2.45, 2.75) is 25.1 Å². The van der Waals surface area contributed by atoms with Crippen LogP contribution in [0.2, 0.25) is 0 Å². The zero-order valence-corrected chi connectivity index (χ0v) is 6.17. The molecule has 1 atom stereocenters. The SMILES string of the molecule is CCC(Cl)CC(=O)Cl. The summed E-state index contributed by atoms with van der Waals surface area (Å²) in [5, 5.41) is -0.438. The Balaban J connectivity index is 3.24. The maximum Gasteiger partial charge on any atom is 0.223 e. The minimum atomic E-state index is -0.355. The van der Waals surface area contributed by atoms with Crippen LogP contribution in [0.5, 0.6) is 0 Å². The summed E-state index contributed by atoms with van der Waals surface area (Å²) in [6.45, 7) is 1.91. The fourth-order valence-electron chi connectivity index (χ4n) is 0.318. The van der Waals surface area contributed by atoms with E-state index in [1.807, 2.05) is 6.92 Å². The number of carbonyl (C=O) groups excluding carboxylic acids is 1. The number of hydrogen-bond donors (Lipinski definition) is 0. The van der Waals surface area contributed by atoms with Crippen molar-refractivity contribution in [3.63, 3.8) is 0 Å². The normalized spacial score (nSPS) is 13.4. The summed E-state index contributed by atoms with van der Waals surface area (Å²) in [6, 6.07) is 0. The Hall–Kier alpha value is 0.250. The third-order valence-electron chi connectivity index (χ3n) is 0.825. The van der Waals surface area contributed by atoms with Gasteiger partial charge in [0.2, 0.25) is 5.24 Å². The van der Waals surface area contributed by atoms with Crippen molar-refractivity contribution in [3.8, 4) is 0 Å². The molecule has 0 aromatic carbocycles. The van der Waals surface area contributed by atoms with Gasteiger partial charge in [-0.1, -0.05) is 6.92 Å². The summed E-state index contributed by atoms with van der Waals surface area (Å²) in [5.74, 6) is 0. The molecule has 0 fully saturated rings. The van der Waals surface area contributed by atoms with Gasteiger partial charge in [-0.3, -0.25) is 4.79 Å². The lowest BCUT2D eigenvalue weighted by molar-refractivity contribution is -0.111. The zero-order valence-electron chi connectivity index (χ0n) is 4.66. The molecule has 0 bridgehead atoms. The van der Waals surface area contributed by atoms with Crippen LogP contribution < -0.4 is 0 Å². The second-order valence-electron chi connectivity index (χ2n) is 1.56. The lowest BCUT2D eigenvalue weighted by atomic mass is 10.3. The molecule has 0 amide bonds. The van der Waals surface area contributed by atoms with Crippen molar-refractivity contribution < 1.29 is 4.79 Å². The van der Waals surface area contributed by atoms with Crippen LogP contribution in [0.15, 0.2) is 0 Å². The van der Waals surface area contributed by atoms with E-state index in [2.05, 4.69) is 0 Å². The smallest absolute Gasteiger partial charge is 0.223 e. The highest BCUT2D eigenvalue weighted by Crippen LogP contribution is 2.07. The molecule has 0 aliphatic heterocycles. The second kappa shape index (κ2) is 4.16. The Labute approximate surface area is 59.0 Å². The molecule has 0 spiro atoms. The molecular weight excluding hydrogens is 147 g/mol. The lowest BCUT2D eigenvalue weighted by Gasteiger charge is -1.98. The monoisotopic (exact) mass is 154 g/mol. The molecule has 0 aromatic heterocycles. The van der Waals surface area contributed by atoms with Crippen LogP contribution in [0.1, 0.15) is 19.8 Å². The van der Waals surface area contributed by atoms with E-state index in [0.29, 0.717) is 0 Å². The summed E-state index contributed by atoms with van der Waals surface area (Å²) in [4.78, 5) is 10.1. The molecule has 3 heteroatoms. The summed E-state index contributed by atoms with van der Waals surface area (Å²) < 4.78 is 0. The van der Waals surface area contributed by atoms with E-state index in [1.54, 1.807) is 0 Å². The van der Waals surface area contributed by atoms with E-state index in [4.69, 9.17) is 23.2 Å². The zero-order chi connectivity index (χ0) is 6.57. The molecule has 0 radical (unpaired) electrons. The highest BCUT2D eigenvalue weighted by molar-refractivity contribution is 6.63. The standard InChI is InChI=1S/C5H8Cl2O/c1-2-4(6)3-5(7)8/h4H,2-3H2,1H3. The first-order valence-corrected chi connectivity index (χ1v) is 3.30. The fourth-order valence-corrected chi connectivity index (χ4v) is 0.724. The highest BCUT2D eigenvalue weighted by atomic mass is 35.5. The summed E-state index contributed by atoms with van der Waals surface area (Å²) in [6.07, 6.45) is 1.07. The molecule has 0 aliphatic carbocycles. The average Bonchev–Trinajstić information content (AvgIpc) is 1.65. The van der Waals surface area contributed by atoms with Gasteiger partial charge in [0.25, 0.3) is 0 Å². The molecule has 0 aromatic rings. The van der Waals surface area contributed by atoms with E-state index in [9.17, 15) is 4.79 Å². The second-order valence-corrected chi connectivity index (χ2v) is 2.60. The van der Waals surface area contributed by atoms with Gasteiger partial charge in [0.1, 0.15) is 0 Å². The van der Waals surface area contributed by atoms with Crippen LogP contribution in [0.4, 0.5) is 0 Å². The molecule has 0 heterocycles. The van der Waals surface area contributed by atoms with Crippen molar-refractivity contribution in [3.05, 3.63) is 0 Å². The third-order valence-corrected chi connectivity index (χ3v) is 1.44. The van der Waals surface area contributed by atoms with Gasteiger partial charge in [-0.2, -0.15) is 0 Å². The van der Waals surface area contributed by atoms with Gasteiger partial charge >= 0.3 is 0 Å². The average molecular weight is 155 g/mol. The molecule has 0 N–H and O–H groups in total. The predicted molar refractivity (Wildman–Crippen MR) is 35.4 cm³/mol. The van der Waals surface area contributed by atoms with Gasteiger partial charge in [0, 0.05) is 11.8 Å². The quantitative estimate of drug-likeness (QED) is 0.450. The van der Waals surface area contributed by atoms with Gasteiger partial charge < -0.3 is 0 Å². The maximum absolute atomic E-state index is 10.1. The number of hydrogen-bond acceptors (Lipinski definition) is 1. The van der Waals surface area contributed by atoms with Crippen LogP contribution in [0.3, 0.4) is 0 Å². The lowest BCUT2D eigenvalue weighted by Crippen LogP contribution is -2.00. The highest BCUT2D eigenvalue weighted by Gasteiger charge is 2.04. The Kier molecular flexibility index (Phi) is 4.29. The van der Waals surface area contributed by atoms with E-state index >= 15 is 0 Å². The molecule has 1 unspecified atom stereocenters. The summed E-state index contributed by atoms with van der Waals surface area (Å²) >= 11 is 10.6.